The molecule has 19 heavy (non-hydrogen) atoms. The summed E-state index contributed by atoms with van der Waals surface area (Å²) in [6, 6.07) is 0. The fourth-order valence-corrected chi connectivity index (χ4v) is 3.35. The van der Waals surface area contributed by atoms with Gasteiger partial charge in [0, 0.05) is 23.2 Å². The number of aromatic amines is 1. The Balaban J connectivity index is 1.76. The van der Waals surface area contributed by atoms with Crippen LogP contribution in [0.25, 0.3) is 0 Å². The fraction of sp³-hybridized carbons (Fsp3) is 0.417. The number of anilines is 1. The van der Waals surface area contributed by atoms with E-state index in [4.69, 9.17) is 0 Å². The highest BCUT2D eigenvalue weighted by Gasteiger charge is 2.29. The minimum absolute atomic E-state index is 0.440. The molecule has 0 amide bonds. The molecule has 0 spiro atoms. The van der Waals surface area contributed by atoms with Crippen LogP contribution in [-0.4, -0.2) is 26.3 Å². The number of fused-ring (bicyclic) bond motifs is 1. The van der Waals surface area contributed by atoms with Crippen molar-refractivity contribution in [2.75, 3.05) is 5.32 Å². The third-order valence-corrected chi connectivity index (χ3v) is 4.34. The first kappa shape index (κ1) is 12.2. The van der Waals surface area contributed by atoms with Crippen molar-refractivity contribution in [2.24, 2.45) is 0 Å². The van der Waals surface area contributed by atoms with Crippen LogP contribution in [0.1, 0.15) is 34.9 Å². The van der Waals surface area contributed by atoms with Crippen LogP contribution in [0, 0.1) is 0 Å². The Hall–Kier alpha value is -1.89. The summed E-state index contributed by atoms with van der Waals surface area (Å²) in [7, 11) is 0. The molecular weight excluding hydrogens is 264 g/mol. The Kier molecular flexibility index (Phi) is 3.20. The molecule has 0 saturated carbocycles. The molecule has 6 nitrogen and oxygen atoms in total. The average Bonchev–Trinajstić information content (AvgIpc) is 3.04. The maximum atomic E-state index is 11.2. The Morgan fingerprint density at radius 3 is 3.26 bits per heavy atom. The third kappa shape index (κ3) is 2.46. The van der Waals surface area contributed by atoms with Gasteiger partial charge in [-0.25, -0.2) is 4.98 Å². The smallest absolute Gasteiger partial charge is 0.312 e. The van der Waals surface area contributed by atoms with E-state index in [-0.39, 0.29) is 0 Å². The van der Waals surface area contributed by atoms with Crippen molar-refractivity contribution in [2.45, 2.75) is 31.7 Å². The minimum atomic E-state index is -0.771. The highest BCUT2D eigenvalue weighted by atomic mass is 32.1. The third-order valence-electron chi connectivity index (χ3n) is 3.25. The zero-order chi connectivity index (χ0) is 13.2. The molecule has 2 heterocycles. The number of carbonyl (C=O) groups is 1. The van der Waals surface area contributed by atoms with Crippen molar-refractivity contribution in [3.8, 4) is 0 Å². The minimum Gasteiger partial charge on any atom is -0.481 e. The van der Waals surface area contributed by atoms with E-state index >= 15 is 0 Å². The summed E-state index contributed by atoms with van der Waals surface area (Å²) in [4.78, 5) is 16.8. The van der Waals surface area contributed by atoms with Gasteiger partial charge >= 0.3 is 5.97 Å². The Labute approximate surface area is 113 Å². The Morgan fingerprint density at radius 2 is 2.53 bits per heavy atom. The number of H-pyrrole nitrogens is 1. The van der Waals surface area contributed by atoms with Gasteiger partial charge in [-0.1, -0.05) is 0 Å². The molecule has 3 N–H and O–H groups in total. The van der Waals surface area contributed by atoms with Crippen LogP contribution in [-0.2, 0) is 17.8 Å². The number of rotatable bonds is 4. The number of nitrogens with one attached hydrogen (secondary N) is 2. The van der Waals surface area contributed by atoms with Gasteiger partial charge in [0.2, 0.25) is 0 Å². The van der Waals surface area contributed by atoms with E-state index in [1.54, 1.807) is 17.5 Å². The number of aryl methyl sites for hydroxylation is 1. The molecule has 0 saturated heterocycles. The van der Waals surface area contributed by atoms with Gasteiger partial charge in [-0.2, -0.15) is 5.10 Å². The first-order chi connectivity index (χ1) is 9.24. The molecule has 2 aromatic rings. The number of carboxylic acid groups (broad SMARTS) is 1. The molecule has 1 unspecified atom stereocenters. The highest BCUT2D eigenvalue weighted by Crippen LogP contribution is 2.36. The molecule has 0 aromatic carbocycles. The van der Waals surface area contributed by atoms with E-state index in [0.29, 0.717) is 13.0 Å². The first-order valence-corrected chi connectivity index (χ1v) is 6.99. The van der Waals surface area contributed by atoms with E-state index < -0.39 is 11.9 Å². The van der Waals surface area contributed by atoms with Crippen LogP contribution < -0.4 is 5.32 Å². The molecule has 0 radical (unpaired) electrons. The number of hydrogen-bond donors (Lipinski definition) is 3. The lowest BCUT2D eigenvalue weighted by Crippen LogP contribution is -2.17. The fourth-order valence-electron chi connectivity index (χ4n) is 2.29. The molecule has 1 aliphatic rings. The quantitative estimate of drug-likeness (QED) is 0.795. The largest absolute Gasteiger partial charge is 0.481 e. The monoisotopic (exact) mass is 278 g/mol. The van der Waals surface area contributed by atoms with Gasteiger partial charge in [0.1, 0.15) is 5.92 Å². The maximum absolute atomic E-state index is 11.2. The van der Waals surface area contributed by atoms with Crippen LogP contribution >= 0.6 is 11.3 Å². The molecular formula is C12H14N4O2S. The summed E-state index contributed by atoms with van der Waals surface area (Å²) in [5.41, 5.74) is 1.79. The van der Waals surface area contributed by atoms with Gasteiger partial charge in [0.15, 0.2) is 5.13 Å². The van der Waals surface area contributed by atoms with Crippen LogP contribution in [0.4, 0.5) is 5.13 Å². The molecule has 0 fully saturated rings. The van der Waals surface area contributed by atoms with Gasteiger partial charge in [-0.15, -0.1) is 11.3 Å². The van der Waals surface area contributed by atoms with Crippen LogP contribution in [0.3, 0.4) is 0 Å². The Morgan fingerprint density at radius 1 is 1.63 bits per heavy atom. The van der Waals surface area contributed by atoms with Gasteiger partial charge in [0.05, 0.1) is 11.9 Å². The number of thiazole rings is 1. The summed E-state index contributed by atoms with van der Waals surface area (Å²) in [6.45, 7) is 0.640. The average molecular weight is 278 g/mol. The van der Waals surface area contributed by atoms with Gasteiger partial charge < -0.3 is 10.4 Å². The molecule has 100 valence electrons. The molecule has 7 heteroatoms. The van der Waals surface area contributed by atoms with E-state index in [2.05, 4.69) is 20.5 Å². The number of aromatic nitrogens is 3. The second-order valence-electron chi connectivity index (χ2n) is 4.57. The normalized spacial score (nSPS) is 18.0. The van der Waals surface area contributed by atoms with Gasteiger partial charge in [-0.3, -0.25) is 9.89 Å². The van der Waals surface area contributed by atoms with Crippen molar-refractivity contribution in [1.82, 2.24) is 15.2 Å². The number of hydrogen-bond acceptors (Lipinski definition) is 5. The zero-order valence-electron chi connectivity index (χ0n) is 10.2. The summed E-state index contributed by atoms with van der Waals surface area (Å²) < 4.78 is 0. The van der Waals surface area contributed by atoms with Crippen molar-refractivity contribution in [3.05, 3.63) is 28.5 Å². The number of carboxylic acids is 1. The van der Waals surface area contributed by atoms with Crippen molar-refractivity contribution >= 4 is 22.4 Å². The summed E-state index contributed by atoms with van der Waals surface area (Å²) in [6.07, 6.45) is 6.12. The van der Waals surface area contributed by atoms with Crippen molar-refractivity contribution in [1.29, 1.82) is 0 Å². The van der Waals surface area contributed by atoms with E-state index in [9.17, 15) is 9.90 Å². The number of aliphatic carboxylic acids is 1. The lowest BCUT2D eigenvalue weighted by Gasteiger charge is -2.16. The van der Waals surface area contributed by atoms with E-state index in [1.165, 1.54) is 0 Å². The summed E-state index contributed by atoms with van der Waals surface area (Å²) in [5.74, 6) is -1.21. The molecule has 0 aliphatic heterocycles. The summed E-state index contributed by atoms with van der Waals surface area (Å²) >= 11 is 1.56. The highest BCUT2D eigenvalue weighted by molar-refractivity contribution is 7.15. The summed E-state index contributed by atoms with van der Waals surface area (Å²) in [5, 5.41) is 19.8. The van der Waals surface area contributed by atoms with Crippen LogP contribution in [0.15, 0.2) is 12.4 Å². The Bertz CT molecular complexity index is 579. The van der Waals surface area contributed by atoms with Crippen LogP contribution in [0.5, 0.6) is 0 Å². The van der Waals surface area contributed by atoms with Gasteiger partial charge in [0.25, 0.3) is 0 Å². The topological polar surface area (TPSA) is 90.9 Å². The zero-order valence-corrected chi connectivity index (χ0v) is 11.0. The second kappa shape index (κ2) is 5.00. The second-order valence-corrected chi connectivity index (χ2v) is 5.65. The first-order valence-electron chi connectivity index (χ1n) is 6.18. The molecule has 2 aromatic heterocycles. The molecule has 0 bridgehead atoms. The van der Waals surface area contributed by atoms with Crippen molar-refractivity contribution < 1.29 is 9.90 Å². The molecule has 3 rings (SSSR count). The lowest BCUT2D eigenvalue weighted by molar-refractivity contribution is -0.139. The number of nitrogens with zero attached hydrogens (tertiary/aromatic N) is 2. The van der Waals surface area contributed by atoms with E-state index in [0.717, 1.165) is 34.1 Å². The van der Waals surface area contributed by atoms with E-state index in [1.807, 2.05) is 6.20 Å². The molecule has 1 aliphatic carbocycles. The van der Waals surface area contributed by atoms with Gasteiger partial charge in [-0.05, 0) is 19.3 Å². The maximum Gasteiger partial charge on any atom is 0.312 e. The molecule has 1 atom stereocenters. The standard InChI is InChI=1S/C12H14N4O2S/c17-11(18)8-2-1-3-9-10(8)16-12(19-9)13-4-7-5-14-15-6-7/h5-6,8H,1-4H2,(H,13,16)(H,14,15)(H,17,18). The van der Waals surface area contributed by atoms with Crippen molar-refractivity contribution in [3.63, 3.8) is 0 Å². The predicted molar refractivity (Wildman–Crippen MR) is 71.3 cm³/mol. The lowest BCUT2D eigenvalue weighted by atomic mass is 9.91. The predicted octanol–water partition coefficient (Wildman–Crippen LogP) is 1.98. The van der Waals surface area contributed by atoms with Crippen LogP contribution in [0.2, 0.25) is 0 Å². The SMILES string of the molecule is O=C(O)C1CCCc2sc(NCc3cn[nH]c3)nc21.